The number of ether oxygens (including phenoxy) is 2. The van der Waals surface area contributed by atoms with Crippen LogP contribution in [0.4, 0.5) is 5.13 Å². The minimum atomic E-state index is -0.614. The lowest BCUT2D eigenvalue weighted by atomic mass is 10.1. The van der Waals surface area contributed by atoms with Gasteiger partial charge >= 0.3 is 0 Å². The molecule has 0 spiro atoms. The van der Waals surface area contributed by atoms with Crippen molar-refractivity contribution >= 4 is 28.3 Å². The van der Waals surface area contributed by atoms with Crippen molar-refractivity contribution < 1.29 is 23.5 Å². The fraction of sp³-hybridized carbons (Fsp3) is 0.296. The average molecular weight is 534 g/mol. The Hall–Kier alpha value is -4.25. The number of thiazole rings is 1. The molecule has 38 heavy (non-hydrogen) atoms. The SMILES string of the molecule is Cc1csc(NC(=O)c2cc(Oc3ccc(-c4nnc(C(C)C)o4)cc3)cc(O[C@H]3CCN(C)C3=O)c2)n1. The van der Waals surface area contributed by atoms with E-state index in [4.69, 9.17) is 13.9 Å². The highest BCUT2D eigenvalue weighted by Crippen LogP contribution is 2.31. The molecule has 1 N–H and O–H groups in total. The summed E-state index contributed by atoms with van der Waals surface area (Å²) in [6.07, 6.45) is -0.0482. The normalized spacial score (nSPS) is 15.2. The lowest BCUT2D eigenvalue weighted by Crippen LogP contribution is -2.29. The summed E-state index contributed by atoms with van der Waals surface area (Å²) in [6.45, 7) is 6.44. The van der Waals surface area contributed by atoms with Gasteiger partial charge in [-0.1, -0.05) is 13.8 Å². The Morgan fingerprint density at radius 1 is 1.13 bits per heavy atom. The van der Waals surface area contributed by atoms with Gasteiger partial charge in [-0.05, 0) is 43.3 Å². The summed E-state index contributed by atoms with van der Waals surface area (Å²) in [6, 6.07) is 12.1. The third-order valence-electron chi connectivity index (χ3n) is 5.91. The van der Waals surface area contributed by atoms with E-state index in [2.05, 4.69) is 20.5 Å². The van der Waals surface area contributed by atoms with Crippen LogP contribution in [-0.4, -0.2) is 51.6 Å². The van der Waals surface area contributed by atoms with Crippen LogP contribution in [0.15, 0.2) is 52.3 Å². The second-order valence-electron chi connectivity index (χ2n) is 9.32. The molecule has 0 bridgehead atoms. The predicted octanol–water partition coefficient (Wildman–Crippen LogP) is 5.28. The molecule has 1 fully saturated rings. The van der Waals surface area contributed by atoms with Crippen molar-refractivity contribution in [3.8, 4) is 28.7 Å². The van der Waals surface area contributed by atoms with Crippen molar-refractivity contribution in [2.75, 3.05) is 18.9 Å². The van der Waals surface area contributed by atoms with Gasteiger partial charge < -0.3 is 18.8 Å². The average Bonchev–Trinajstić information content (AvgIpc) is 3.62. The van der Waals surface area contributed by atoms with E-state index in [1.54, 1.807) is 42.3 Å². The number of aromatic nitrogens is 3. The molecule has 2 aromatic carbocycles. The number of nitrogens with one attached hydrogen (secondary N) is 1. The van der Waals surface area contributed by atoms with Crippen LogP contribution < -0.4 is 14.8 Å². The molecule has 3 heterocycles. The molecule has 4 aromatic rings. The van der Waals surface area contributed by atoms with Crippen molar-refractivity contribution in [2.45, 2.75) is 39.2 Å². The molecule has 1 aliphatic heterocycles. The Morgan fingerprint density at radius 3 is 2.53 bits per heavy atom. The molecule has 196 valence electrons. The van der Waals surface area contributed by atoms with Gasteiger partial charge in [-0.15, -0.1) is 21.5 Å². The zero-order chi connectivity index (χ0) is 26.8. The van der Waals surface area contributed by atoms with Crippen LogP contribution in [0, 0.1) is 6.92 Å². The van der Waals surface area contributed by atoms with E-state index in [1.165, 1.54) is 11.3 Å². The Balaban J connectivity index is 1.38. The number of carbonyl (C=O) groups is 2. The number of likely N-dealkylation sites (tertiary alicyclic amines) is 1. The Morgan fingerprint density at radius 2 is 1.89 bits per heavy atom. The standard InChI is InChI=1S/C27H27N5O5S/c1-15(2)24-30-31-25(37-24)17-5-7-19(8-6-17)35-20-11-18(23(33)29-27-28-16(3)14-38-27)12-21(13-20)36-22-9-10-32(4)26(22)34/h5-8,11-15,22H,9-10H2,1-4H3,(H,28,29,33)/t22-/m0/s1. The summed E-state index contributed by atoms with van der Waals surface area (Å²) in [5.74, 6) is 1.96. The monoisotopic (exact) mass is 533 g/mol. The van der Waals surface area contributed by atoms with Crippen molar-refractivity contribution in [3.63, 3.8) is 0 Å². The molecular formula is C27H27N5O5S. The third-order valence-corrected chi connectivity index (χ3v) is 6.79. The summed E-state index contributed by atoms with van der Waals surface area (Å²) in [7, 11) is 1.74. The van der Waals surface area contributed by atoms with E-state index in [0.717, 1.165) is 11.3 Å². The highest BCUT2D eigenvalue weighted by molar-refractivity contribution is 7.13. The van der Waals surface area contributed by atoms with Gasteiger partial charge in [0.1, 0.15) is 17.2 Å². The number of anilines is 1. The van der Waals surface area contributed by atoms with E-state index < -0.39 is 6.10 Å². The number of amides is 2. The van der Waals surface area contributed by atoms with Gasteiger partial charge in [-0.25, -0.2) is 4.98 Å². The van der Waals surface area contributed by atoms with Crippen molar-refractivity contribution in [1.29, 1.82) is 0 Å². The van der Waals surface area contributed by atoms with Crippen LogP contribution in [-0.2, 0) is 4.79 Å². The zero-order valence-electron chi connectivity index (χ0n) is 21.4. The highest BCUT2D eigenvalue weighted by atomic mass is 32.1. The largest absolute Gasteiger partial charge is 0.480 e. The van der Waals surface area contributed by atoms with Crippen molar-refractivity contribution in [3.05, 3.63) is 65.0 Å². The van der Waals surface area contributed by atoms with Crippen LogP contribution in [0.25, 0.3) is 11.5 Å². The number of benzene rings is 2. The van der Waals surface area contributed by atoms with Gasteiger partial charge in [0.05, 0.1) is 5.69 Å². The van der Waals surface area contributed by atoms with E-state index in [1.807, 2.05) is 38.3 Å². The fourth-order valence-electron chi connectivity index (χ4n) is 3.86. The minimum Gasteiger partial charge on any atom is -0.480 e. The smallest absolute Gasteiger partial charge is 0.263 e. The maximum absolute atomic E-state index is 13.0. The topological polar surface area (TPSA) is 120 Å². The van der Waals surface area contributed by atoms with E-state index in [9.17, 15) is 9.59 Å². The molecule has 0 radical (unpaired) electrons. The maximum atomic E-state index is 13.0. The second kappa shape index (κ2) is 10.6. The van der Waals surface area contributed by atoms with Gasteiger partial charge in [0.2, 0.25) is 11.8 Å². The number of hydrogen-bond acceptors (Lipinski definition) is 9. The molecule has 2 amide bonds. The van der Waals surface area contributed by atoms with E-state index >= 15 is 0 Å². The number of carbonyl (C=O) groups excluding carboxylic acids is 2. The van der Waals surface area contributed by atoms with E-state index in [-0.39, 0.29) is 17.7 Å². The molecule has 0 saturated carbocycles. The fourth-order valence-corrected chi connectivity index (χ4v) is 4.54. The van der Waals surface area contributed by atoms with Crippen LogP contribution in [0.5, 0.6) is 17.2 Å². The molecule has 10 nitrogen and oxygen atoms in total. The molecule has 5 rings (SSSR count). The number of rotatable bonds is 8. The predicted molar refractivity (Wildman–Crippen MR) is 142 cm³/mol. The summed E-state index contributed by atoms with van der Waals surface area (Å²) >= 11 is 1.34. The minimum absolute atomic E-state index is 0.0992. The summed E-state index contributed by atoms with van der Waals surface area (Å²) in [5, 5.41) is 13.3. The first-order valence-electron chi connectivity index (χ1n) is 12.2. The summed E-state index contributed by atoms with van der Waals surface area (Å²) < 4.78 is 17.8. The van der Waals surface area contributed by atoms with Gasteiger partial charge in [-0.2, -0.15) is 0 Å². The zero-order valence-corrected chi connectivity index (χ0v) is 22.2. The first-order chi connectivity index (χ1) is 18.2. The lowest BCUT2D eigenvalue weighted by molar-refractivity contribution is -0.132. The summed E-state index contributed by atoms with van der Waals surface area (Å²) in [5.41, 5.74) is 1.89. The number of hydrogen-bond donors (Lipinski definition) is 1. The van der Waals surface area contributed by atoms with Crippen molar-refractivity contribution in [1.82, 2.24) is 20.1 Å². The van der Waals surface area contributed by atoms with Gasteiger partial charge in [-0.3, -0.25) is 14.9 Å². The molecule has 11 heteroatoms. The molecule has 2 aromatic heterocycles. The van der Waals surface area contributed by atoms with Crippen LogP contribution in [0.3, 0.4) is 0 Å². The first kappa shape index (κ1) is 25.4. The summed E-state index contributed by atoms with van der Waals surface area (Å²) in [4.78, 5) is 31.3. The molecule has 0 unspecified atom stereocenters. The second-order valence-corrected chi connectivity index (χ2v) is 10.2. The number of nitrogens with zero attached hydrogens (tertiary/aromatic N) is 4. The van der Waals surface area contributed by atoms with Gasteiger partial charge in [0.15, 0.2) is 11.2 Å². The van der Waals surface area contributed by atoms with E-state index in [0.29, 0.717) is 52.7 Å². The van der Waals surface area contributed by atoms with Gasteiger partial charge in [0.25, 0.3) is 11.8 Å². The molecule has 0 aliphatic carbocycles. The highest BCUT2D eigenvalue weighted by Gasteiger charge is 2.31. The Kier molecular flexibility index (Phi) is 7.10. The van der Waals surface area contributed by atoms with Crippen molar-refractivity contribution in [2.24, 2.45) is 0 Å². The Bertz CT molecular complexity index is 1460. The Labute approximate surface area is 223 Å². The number of aryl methyl sites for hydroxylation is 1. The molecule has 1 saturated heterocycles. The quantitative estimate of drug-likeness (QED) is 0.325. The molecule has 1 aliphatic rings. The molecule has 1 atom stereocenters. The first-order valence-corrected chi connectivity index (χ1v) is 13.0. The van der Waals surface area contributed by atoms with Crippen LogP contribution in [0.1, 0.15) is 48.1 Å². The number of likely N-dealkylation sites (N-methyl/N-ethyl adjacent to an activating group) is 1. The lowest BCUT2D eigenvalue weighted by Gasteiger charge is -2.15. The molecular weight excluding hydrogens is 506 g/mol. The van der Waals surface area contributed by atoms with Crippen LogP contribution >= 0.6 is 11.3 Å². The third kappa shape index (κ3) is 5.67. The van der Waals surface area contributed by atoms with Crippen LogP contribution in [0.2, 0.25) is 0 Å². The maximum Gasteiger partial charge on any atom is 0.263 e. The van der Waals surface area contributed by atoms with Gasteiger partial charge in [0, 0.05) is 48.5 Å².